The lowest BCUT2D eigenvalue weighted by atomic mass is 10.1. The first-order chi connectivity index (χ1) is 13.8. The Balaban J connectivity index is 1.87. The van der Waals surface area contributed by atoms with Gasteiger partial charge in [-0.1, -0.05) is 98.0 Å². The van der Waals surface area contributed by atoms with Crippen molar-refractivity contribution in [1.29, 1.82) is 0 Å². The summed E-state index contributed by atoms with van der Waals surface area (Å²) < 4.78 is 0. The van der Waals surface area contributed by atoms with Crippen LogP contribution in [0.3, 0.4) is 0 Å². The first-order valence-corrected chi connectivity index (χ1v) is 12.1. The fourth-order valence-corrected chi connectivity index (χ4v) is 7.53. The molecule has 0 radical (unpaired) electrons. The van der Waals surface area contributed by atoms with E-state index in [1.165, 1.54) is 6.20 Å². The summed E-state index contributed by atoms with van der Waals surface area (Å²) in [6.45, 7) is 4.25. The highest BCUT2D eigenvalue weighted by Gasteiger charge is 2.49. The molecule has 1 N–H and O–H groups in total. The second-order valence-corrected chi connectivity index (χ2v) is 12.1. The Bertz CT molecular complexity index is 991. The van der Waals surface area contributed by atoms with Gasteiger partial charge in [-0.25, -0.2) is 9.97 Å². The molecule has 0 amide bonds. The second kappa shape index (κ2) is 9.11. The smallest absolute Gasteiger partial charge is 0.258 e. The van der Waals surface area contributed by atoms with Gasteiger partial charge in [0.15, 0.2) is 0 Å². The molecule has 1 heterocycles. The van der Waals surface area contributed by atoms with Crippen molar-refractivity contribution in [3.05, 3.63) is 82.9 Å². The number of rotatable bonds is 5. The molecular weight excluding hydrogens is 419 g/mol. The summed E-state index contributed by atoms with van der Waals surface area (Å²) in [5.41, 5.74) is 0.549. The van der Waals surface area contributed by atoms with E-state index >= 15 is 0 Å². The lowest BCUT2D eigenvalue weighted by molar-refractivity contribution is 0.470. The standard InChI is InChI=1S/C23H22Cl2N2OSi/c1-23(2,16-10-9-11-18-17-26-22(25)27-21(18)24)29(28,19-12-5-3-6-13-19)20-14-7-4-8-15-20/h3-8,12-15,17,28H,10,16H2,1-2H3. The van der Waals surface area contributed by atoms with Crippen molar-refractivity contribution in [2.75, 3.05) is 0 Å². The van der Waals surface area contributed by atoms with Gasteiger partial charge in [0.1, 0.15) is 5.15 Å². The van der Waals surface area contributed by atoms with E-state index in [-0.39, 0.29) is 15.5 Å². The minimum Gasteiger partial charge on any atom is -0.424 e. The van der Waals surface area contributed by atoms with Gasteiger partial charge >= 0.3 is 0 Å². The van der Waals surface area contributed by atoms with Crippen LogP contribution in [0.15, 0.2) is 66.9 Å². The molecule has 0 saturated carbocycles. The summed E-state index contributed by atoms with van der Waals surface area (Å²) in [5, 5.41) is 2.00. The molecule has 3 rings (SSSR count). The van der Waals surface area contributed by atoms with Gasteiger partial charge < -0.3 is 4.80 Å². The molecule has 6 heteroatoms. The van der Waals surface area contributed by atoms with Crippen LogP contribution in [-0.4, -0.2) is 23.1 Å². The van der Waals surface area contributed by atoms with Crippen LogP contribution in [0.5, 0.6) is 0 Å². The van der Waals surface area contributed by atoms with Crippen LogP contribution in [0, 0.1) is 11.8 Å². The number of aromatic nitrogens is 2. The highest BCUT2D eigenvalue weighted by atomic mass is 35.5. The molecule has 0 unspecified atom stereocenters. The minimum atomic E-state index is -3.01. The zero-order valence-electron chi connectivity index (χ0n) is 16.4. The highest BCUT2D eigenvalue weighted by Crippen LogP contribution is 2.39. The van der Waals surface area contributed by atoms with Gasteiger partial charge in [0.2, 0.25) is 5.28 Å². The monoisotopic (exact) mass is 440 g/mol. The predicted molar refractivity (Wildman–Crippen MR) is 122 cm³/mol. The summed E-state index contributed by atoms with van der Waals surface area (Å²) in [6, 6.07) is 20.0. The molecule has 3 aromatic rings. The second-order valence-electron chi connectivity index (χ2n) is 7.47. The largest absolute Gasteiger partial charge is 0.424 e. The molecule has 0 aliphatic rings. The van der Waals surface area contributed by atoms with Gasteiger partial charge in [-0.05, 0) is 33.4 Å². The quantitative estimate of drug-likeness (QED) is 0.276. The van der Waals surface area contributed by atoms with Crippen LogP contribution < -0.4 is 10.4 Å². The first kappa shape index (κ1) is 21.5. The Kier molecular flexibility index (Phi) is 6.76. The molecule has 0 fully saturated rings. The third-order valence-corrected chi connectivity index (χ3v) is 10.2. The average Bonchev–Trinajstić information content (AvgIpc) is 2.73. The number of nitrogens with zero attached hydrogens (tertiary/aromatic N) is 2. The maximum atomic E-state index is 12.1. The van der Waals surface area contributed by atoms with Gasteiger partial charge in [-0.15, -0.1) is 0 Å². The summed E-state index contributed by atoms with van der Waals surface area (Å²) in [7, 11) is -3.01. The van der Waals surface area contributed by atoms with E-state index in [4.69, 9.17) is 23.2 Å². The highest BCUT2D eigenvalue weighted by molar-refractivity contribution is 6.98. The van der Waals surface area contributed by atoms with Crippen molar-refractivity contribution in [2.24, 2.45) is 0 Å². The molecule has 0 spiro atoms. The van der Waals surface area contributed by atoms with Gasteiger partial charge in [0.25, 0.3) is 8.32 Å². The van der Waals surface area contributed by atoms with Crippen LogP contribution in [0.25, 0.3) is 0 Å². The van der Waals surface area contributed by atoms with Gasteiger partial charge in [0.05, 0.1) is 5.56 Å². The van der Waals surface area contributed by atoms with Crippen LogP contribution in [0.4, 0.5) is 0 Å². The molecule has 148 valence electrons. The fourth-order valence-electron chi connectivity index (χ4n) is 3.45. The van der Waals surface area contributed by atoms with Gasteiger partial charge in [-0.2, -0.15) is 0 Å². The van der Waals surface area contributed by atoms with Crippen molar-refractivity contribution >= 4 is 41.9 Å². The van der Waals surface area contributed by atoms with Gasteiger partial charge in [0, 0.05) is 12.6 Å². The fraction of sp³-hybridized carbons (Fsp3) is 0.217. The van der Waals surface area contributed by atoms with Crippen molar-refractivity contribution in [3.63, 3.8) is 0 Å². The number of halogens is 2. The summed E-state index contributed by atoms with van der Waals surface area (Å²) in [5.74, 6) is 6.16. The molecule has 3 nitrogen and oxygen atoms in total. The van der Waals surface area contributed by atoms with E-state index in [1.807, 2.05) is 60.7 Å². The van der Waals surface area contributed by atoms with Crippen LogP contribution in [0.2, 0.25) is 15.5 Å². The lowest BCUT2D eigenvalue weighted by Gasteiger charge is -2.41. The number of hydrogen-bond acceptors (Lipinski definition) is 3. The number of hydrogen-bond donors (Lipinski definition) is 1. The van der Waals surface area contributed by atoms with Crippen LogP contribution >= 0.6 is 23.2 Å². The molecular formula is C23H22Cl2N2OSi. The van der Waals surface area contributed by atoms with E-state index in [9.17, 15) is 4.80 Å². The predicted octanol–water partition coefficient (Wildman–Crippen LogP) is 4.45. The summed E-state index contributed by atoms with van der Waals surface area (Å²) >= 11 is 11.8. The molecule has 1 aromatic heterocycles. The average molecular weight is 441 g/mol. The molecule has 0 aliphatic heterocycles. The molecule has 0 aliphatic carbocycles. The summed E-state index contributed by atoms with van der Waals surface area (Å²) in [4.78, 5) is 19.9. The van der Waals surface area contributed by atoms with E-state index in [2.05, 4.69) is 35.7 Å². The molecule has 29 heavy (non-hydrogen) atoms. The Labute approximate surface area is 182 Å². The lowest BCUT2D eigenvalue weighted by Crippen LogP contribution is -2.65. The van der Waals surface area contributed by atoms with Crippen molar-refractivity contribution in [3.8, 4) is 11.8 Å². The molecule has 0 atom stereocenters. The van der Waals surface area contributed by atoms with Gasteiger partial charge in [-0.3, -0.25) is 0 Å². The zero-order valence-corrected chi connectivity index (χ0v) is 18.9. The third kappa shape index (κ3) is 4.71. The topological polar surface area (TPSA) is 46.0 Å². The minimum absolute atomic E-state index is 0.100. The third-order valence-electron chi connectivity index (χ3n) is 5.17. The molecule has 0 bridgehead atoms. The maximum absolute atomic E-state index is 12.1. The van der Waals surface area contributed by atoms with Crippen molar-refractivity contribution in [2.45, 2.75) is 31.7 Å². The van der Waals surface area contributed by atoms with Crippen LogP contribution in [-0.2, 0) is 0 Å². The maximum Gasteiger partial charge on any atom is 0.258 e. The zero-order chi connectivity index (χ0) is 20.9. The van der Waals surface area contributed by atoms with E-state index in [0.717, 1.165) is 16.8 Å². The van der Waals surface area contributed by atoms with Crippen molar-refractivity contribution < 1.29 is 4.80 Å². The normalized spacial score (nSPS) is 11.6. The molecule has 2 aromatic carbocycles. The molecule has 0 saturated heterocycles. The Morgan fingerprint density at radius 1 is 0.966 bits per heavy atom. The SMILES string of the molecule is CC(C)(CCC#Cc1cnc(Cl)nc1Cl)[Si](O)(c1ccccc1)c1ccccc1. The van der Waals surface area contributed by atoms with E-state index in [1.54, 1.807) is 0 Å². The van der Waals surface area contributed by atoms with E-state index in [0.29, 0.717) is 12.0 Å². The summed E-state index contributed by atoms with van der Waals surface area (Å²) in [6.07, 6.45) is 2.87. The van der Waals surface area contributed by atoms with E-state index < -0.39 is 8.32 Å². The first-order valence-electron chi connectivity index (χ1n) is 9.35. The Morgan fingerprint density at radius 2 is 1.52 bits per heavy atom. The number of benzene rings is 2. The van der Waals surface area contributed by atoms with Crippen LogP contribution in [0.1, 0.15) is 32.3 Å². The van der Waals surface area contributed by atoms with Crippen molar-refractivity contribution in [1.82, 2.24) is 9.97 Å². The Morgan fingerprint density at radius 3 is 2.03 bits per heavy atom. The Hall–Kier alpha value is -2.16.